The molecule has 5 heteroatoms. The van der Waals surface area contributed by atoms with Gasteiger partial charge < -0.3 is 0 Å². The van der Waals surface area contributed by atoms with Crippen molar-refractivity contribution in [1.82, 2.24) is 10.2 Å². The lowest BCUT2D eigenvalue weighted by atomic mass is 10.1. The minimum absolute atomic E-state index is 0.536. The Morgan fingerprint density at radius 2 is 2.00 bits per heavy atom. The molecule has 0 aliphatic rings. The van der Waals surface area contributed by atoms with Crippen LogP contribution in [0, 0.1) is 25.3 Å². The van der Waals surface area contributed by atoms with E-state index in [0.29, 0.717) is 11.7 Å². The quantitative estimate of drug-likeness (QED) is 0.615. The van der Waals surface area contributed by atoms with E-state index in [-0.39, 0.29) is 0 Å². The van der Waals surface area contributed by atoms with Gasteiger partial charge in [-0.15, -0.1) is 10.2 Å². The molecule has 1 heterocycles. The van der Waals surface area contributed by atoms with Crippen molar-refractivity contribution in [3.8, 4) is 6.19 Å². The van der Waals surface area contributed by atoms with Crippen LogP contribution in [0.5, 0.6) is 0 Å². The largest absolute Gasteiger partial charge is 0.249 e. The number of hydrogen-bond donors (Lipinski definition) is 0. The Morgan fingerprint density at radius 1 is 1.29 bits per heavy atom. The molecular weight excluding hydrogens is 232 g/mol. The van der Waals surface area contributed by atoms with Crippen LogP contribution in [0.2, 0.25) is 0 Å². The standard InChI is InChI=1S/C12H12N4S/c1-9-3-10(2)5-11(4-9)6-16(7-13)12-15-14-8-17-12/h3-5,8H,6H2,1-2H3. The first-order valence-electron chi connectivity index (χ1n) is 5.19. The zero-order valence-corrected chi connectivity index (χ0v) is 10.5. The van der Waals surface area contributed by atoms with Crippen molar-refractivity contribution in [2.24, 2.45) is 0 Å². The topological polar surface area (TPSA) is 52.8 Å². The average Bonchev–Trinajstić information content (AvgIpc) is 2.77. The van der Waals surface area contributed by atoms with Crippen molar-refractivity contribution in [2.75, 3.05) is 4.90 Å². The molecule has 2 rings (SSSR count). The van der Waals surface area contributed by atoms with Crippen molar-refractivity contribution in [3.63, 3.8) is 0 Å². The molecular formula is C12H12N4S. The zero-order valence-electron chi connectivity index (χ0n) is 9.71. The molecule has 2 aromatic rings. The summed E-state index contributed by atoms with van der Waals surface area (Å²) in [5, 5.41) is 17.4. The summed E-state index contributed by atoms with van der Waals surface area (Å²) in [4.78, 5) is 1.55. The van der Waals surface area contributed by atoms with E-state index in [1.165, 1.54) is 22.5 Å². The van der Waals surface area contributed by atoms with Crippen LogP contribution in [0.4, 0.5) is 5.13 Å². The molecule has 1 aromatic carbocycles. The predicted molar refractivity (Wildman–Crippen MR) is 67.6 cm³/mol. The number of benzene rings is 1. The highest BCUT2D eigenvalue weighted by Crippen LogP contribution is 2.18. The molecule has 86 valence electrons. The van der Waals surface area contributed by atoms with Crippen LogP contribution >= 0.6 is 11.3 Å². The fraction of sp³-hybridized carbons (Fsp3) is 0.250. The lowest BCUT2D eigenvalue weighted by Crippen LogP contribution is -2.15. The maximum Gasteiger partial charge on any atom is 0.221 e. The van der Waals surface area contributed by atoms with Crippen molar-refractivity contribution in [1.29, 1.82) is 5.26 Å². The number of aryl methyl sites for hydroxylation is 2. The molecule has 0 atom stereocenters. The molecule has 0 amide bonds. The molecule has 0 aliphatic heterocycles. The van der Waals surface area contributed by atoms with E-state index in [2.05, 4.69) is 48.4 Å². The normalized spacial score (nSPS) is 9.94. The van der Waals surface area contributed by atoms with Gasteiger partial charge in [0.25, 0.3) is 0 Å². The van der Waals surface area contributed by atoms with Crippen LogP contribution < -0.4 is 4.90 Å². The van der Waals surface area contributed by atoms with Gasteiger partial charge in [-0.1, -0.05) is 40.7 Å². The van der Waals surface area contributed by atoms with Gasteiger partial charge in [0, 0.05) is 0 Å². The predicted octanol–water partition coefficient (Wildman–Crippen LogP) is 2.64. The molecule has 17 heavy (non-hydrogen) atoms. The monoisotopic (exact) mass is 244 g/mol. The van der Waals surface area contributed by atoms with Crippen LogP contribution in [0.1, 0.15) is 16.7 Å². The van der Waals surface area contributed by atoms with Crippen molar-refractivity contribution < 1.29 is 0 Å². The first kappa shape index (κ1) is 11.6. The molecule has 0 spiro atoms. The van der Waals surface area contributed by atoms with E-state index in [9.17, 15) is 0 Å². The summed E-state index contributed by atoms with van der Waals surface area (Å²) in [7, 11) is 0. The fourth-order valence-electron chi connectivity index (χ4n) is 1.77. The lowest BCUT2D eigenvalue weighted by molar-refractivity contribution is 0.936. The molecule has 1 aromatic heterocycles. The highest BCUT2D eigenvalue weighted by atomic mass is 32.1. The Kier molecular flexibility index (Phi) is 3.35. The molecule has 4 nitrogen and oxygen atoms in total. The van der Waals surface area contributed by atoms with Gasteiger partial charge in [0.1, 0.15) is 5.51 Å². The van der Waals surface area contributed by atoms with E-state index in [1.54, 1.807) is 10.4 Å². The highest BCUT2D eigenvalue weighted by Gasteiger charge is 2.10. The molecule has 0 saturated carbocycles. The number of nitriles is 1. The Bertz CT molecular complexity index is 522. The summed E-state index contributed by atoms with van der Waals surface area (Å²) in [5.41, 5.74) is 5.14. The summed E-state index contributed by atoms with van der Waals surface area (Å²) < 4.78 is 0. The Hall–Kier alpha value is -1.93. The highest BCUT2D eigenvalue weighted by molar-refractivity contribution is 7.13. The third kappa shape index (κ3) is 2.80. The van der Waals surface area contributed by atoms with Crippen LogP contribution in [0.3, 0.4) is 0 Å². The minimum atomic E-state index is 0.536. The van der Waals surface area contributed by atoms with Gasteiger partial charge >= 0.3 is 0 Å². The van der Waals surface area contributed by atoms with Crippen molar-refractivity contribution >= 4 is 16.5 Å². The first-order chi connectivity index (χ1) is 8.19. The molecule has 0 bridgehead atoms. The minimum Gasteiger partial charge on any atom is -0.249 e. The SMILES string of the molecule is Cc1cc(C)cc(CN(C#N)c2nncs2)c1. The molecule has 0 unspecified atom stereocenters. The Balaban J connectivity index is 2.22. The average molecular weight is 244 g/mol. The summed E-state index contributed by atoms with van der Waals surface area (Å²) in [6.45, 7) is 4.64. The third-order valence-corrected chi connectivity index (χ3v) is 3.03. The van der Waals surface area contributed by atoms with Crippen molar-refractivity contribution in [2.45, 2.75) is 20.4 Å². The first-order valence-corrected chi connectivity index (χ1v) is 6.07. The molecule has 0 fully saturated rings. The van der Waals surface area contributed by atoms with Gasteiger partial charge in [-0.25, -0.2) is 4.90 Å². The van der Waals surface area contributed by atoms with Gasteiger partial charge in [0.2, 0.25) is 5.13 Å². The maximum atomic E-state index is 9.11. The second-order valence-electron chi connectivity index (χ2n) is 3.90. The van der Waals surface area contributed by atoms with E-state index in [1.807, 2.05) is 0 Å². The van der Waals surface area contributed by atoms with Crippen LogP contribution in [-0.2, 0) is 6.54 Å². The molecule has 0 aliphatic carbocycles. The number of hydrogen-bond acceptors (Lipinski definition) is 5. The molecule has 0 saturated heterocycles. The van der Waals surface area contributed by atoms with Crippen LogP contribution in [0.15, 0.2) is 23.7 Å². The second kappa shape index (κ2) is 4.93. The smallest absolute Gasteiger partial charge is 0.221 e. The van der Waals surface area contributed by atoms with E-state index >= 15 is 0 Å². The van der Waals surface area contributed by atoms with Crippen molar-refractivity contribution in [3.05, 3.63) is 40.4 Å². The molecule has 0 N–H and O–H groups in total. The van der Waals surface area contributed by atoms with E-state index < -0.39 is 0 Å². The van der Waals surface area contributed by atoms with Gasteiger partial charge in [0.15, 0.2) is 6.19 Å². The third-order valence-electron chi connectivity index (χ3n) is 2.32. The second-order valence-corrected chi connectivity index (χ2v) is 4.72. The van der Waals surface area contributed by atoms with Crippen LogP contribution in [-0.4, -0.2) is 10.2 Å². The number of nitrogens with zero attached hydrogens (tertiary/aromatic N) is 4. The Morgan fingerprint density at radius 3 is 2.53 bits per heavy atom. The number of aromatic nitrogens is 2. The van der Waals surface area contributed by atoms with Gasteiger partial charge in [-0.3, -0.25) is 0 Å². The lowest BCUT2D eigenvalue weighted by Gasteiger charge is -2.12. The maximum absolute atomic E-state index is 9.11. The zero-order chi connectivity index (χ0) is 12.3. The summed E-state index contributed by atoms with van der Waals surface area (Å²) in [5.74, 6) is 0. The number of rotatable bonds is 3. The fourth-order valence-corrected chi connectivity index (χ4v) is 2.29. The molecule has 0 radical (unpaired) electrons. The van der Waals surface area contributed by atoms with E-state index in [0.717, 1.165) is 5.56 Å². The number of anilines is 1. The van der Waals surface area contributed by atoms with Crippen LogP contribution in [0.25, 0.3) is 0 Å². The van der Waals surface area contributed by atoms with E-state index in [4.69, 9.17) is 5.26 Å². The Labute approximate surface area is 104 Å². The van der Waals surface area contributed by atoms with Gasteiger partial charge in [0.05, 0.1) is 6.54 Å². The van der Waals surface area contributed by atoms with Gasteiger partial charge in [-0.2, -0.15) is 5.26 Å². The summed E-state index contributed by atoms with van der Waals surface area (Å²) in [6.07, 6.45) is 2.13. The summed E-state index contributed by atoms with van der Waals surface area (Å²) >= 11 is 1.36. The summed E-state index contributed by atoms with van der Waals surface area (Å²) in [6, 6.07) is 6.28. The van der Waals surface area contributed by atoms with Gasteiger partial charge in [-0.05, 0) is 19.4 Å².